The summed E-state index contributed by atoms with van der Waals surface area (Å²) in [4.78, 5) is 22.8. The maximum atomic E-state index is 11.4. The Labute approximate surface area is 121 Å². The van der Waals surface area contributed by atoms with E-state index in [1.807, 2.05) is 6.92 Å². The lowest BCUT2D eigenvalue weighted by atomic mass is 10.2. The molecule has 0 spiro atoms. The molecule has 0 saturated carbocycles. The standard InChI is InChI=1S/C13H27N3O2S/c1-11(19)7-10-16-13(18)6-5-12(17)15-9-4-2-3-8-14/h11,19H,2-10,14H2,1H3,(H,15,17)(H,16,18). The van der Waals surface area contributed by atoms with Crippen molar-refractivity contribution >= 4 is 24.4 Å². The largest absolute Gasteiger partial charge is 0.356 e. The Morgan fingerprint density at radius 1 is 1.05 bits per heavy atom. The minimum Gasteiger partial charge on any atom is -0.356 e. The van der Waals surface area contributed by atoms with Gasteiger partial charge in [0.15, 0.2) is 0 Å². The van der Waals surface area contributed by atoms with Gasteiger partial charge in [-0.1, -0.05) is 13.3 Å². The summed E-state index contributed by atoms with van der Waals surface area (Å²) in [5.41, 5.74) is 5.37. The van der Waals surface area contributed by atoms with E-state index < -0.39 is 0 Å². The minimum absolute atomic E-state index is 0.0644. The molecule has 19 heavy (non-hydrogen) atoms. The number of unbranched alkanes of at least 4 members (excludes halogenated alkanes) is 2. The van der Waals surface area contributed by atoms with Crippen molar-refractivity contribution in [3.05, 3.63) is 0 Å². The predicted octanol–water partition coefficient (Wildman–Crippen LogP) is 0.836. The summed E-state index contributed by atoms with van der Waals surface area (Å²) >= 11 is 4.22. The highest BCUT2D eigenvalue weighted by Crippen LogP contribution is 1.97. The average Bonchev–Trinajstić information content (AvgIpc) is 2.35. The van der Waals surface area contributed by atoms with Gasteiger partial charge in [0, 0.05) is 31.2 Å². The van der Waals surface area contributed by atoms with E-state index in [1.54, 1.807) is 0 Å². The van der Waals surface area contributed by atoms with E-state index >= 15 is 0 Å². The third-order valence-electron chi connectivity index (χ3n) is 2.67. The number of rotatable bonds is 11. The van der Waals surface area contributed by atoms with E-state index in [0.29, 0.717) is 19.6 Å². The zero-order chi connectivity index (χ0) is 14.5. The van der Waals surface area contributed by atoms with Gasteiger partial charge in [-0.05, 0) is 25.8 Å². The quantitative estimate of drug-likeness (QED) is 0.336. The summed E-state index contributed by atoms with van der Waals surface area (Å²) in [5.74, 6) is -0.141. The fraction of sp³-hybridized carbons (Fsp3) is 0.846. The Morgan fingerprint density at radius 2 is 1.63 bits per heavy atom. The maximum Gasteiger partial charge on any atom is 0.220 e. The van der Waals surface area contributed by atoms with E-state index in [9.17, 15) is 9.59 Å². The van der Waals surface area contributed by atoms with E-state index in [1.165, 1.54) is 0 Å². The normalized spacial score (nSPS) is 11.9. The number of hydrogen-bond acceptors (Lipinski definition) is 4. The van der Waals surface area contributed by atoms with Crippen LogP contribution >= 0.6 is 12.6 Å². The molecule has 0 aliphatic carbocycles. The van der Waals surface area contributed by atoms with Crippen molar-refractivity contribution in [3.63, 3.8) is 0 Å². The lowest BCUT2D eigenvalue weighted by Gasteiger charge is -2.07. The molecule has 1 unspecified atom stereocenters. The van der Waals surface area contributed by atoms with Crippen LogP contribution in [0.1, 0.15) is 45.4 Å². The summed E-state index contributed by atoms with van der Waals surface area (Å²) in [6.07, 6.45) is 4.28. The first-order valence-corrected chi connectivity index (χ1v) is 7.49. The molecule has 0 heterocycles. The molecule has 0 aliphatic rings. The zero-order valence-electron chi connectivity index (χ0n) is 11.8. The molecule has 0 saturated heterocycles. The molecule has 0 aromatic rings. The number of carbonyl (C=O) groups excluding carboxylic acids is 2. The van der Waals surface area contributed by atoms with E-state index in [2.05, 4.69) is 23.3 Å². The molecule has 6 heteroatoms. The summed E-state index contributed by atoms with van der Waals surface area (Å²) in [6.45, 7) is 3.95. The number of hydrogen-bond donors (Lipinski definition) is 4. The summed E-state index contributed by atoms with van der Waals surface area (Å²) in [5, 5.41) is 5.85. The summed E-state index contributed by atoms with van der Waals surface area (Å²) in [6, 6.07) is 0. The molecule has 0 rings (SSSR count). The van der Waals surface area contributed by atoms with Crippen LogP contribution < -0.4 is 16.4 Å². The molecule has 0 aromatic carbocycles. The fourth-order valence-corrected chi connectivity index (χ4v) is 1.63. The van der Waals surface area contributed by atoms with Crippen LogP contribution in [0.15, 0.2) is 0 Å². The summed E-state index contributed by atoms with van der Waals surface area (Å²) in [7, 11) is 0. The van der Waals surface area contributed by atoms with Crippen molar-refractivity contribution < 1.29 is 9.59 Å². The van der Waals surface area contributed by atoms with Crippen molar-refractivity contribution in [2.45, 2.75) is 50.7 Å². The van der Waals surface area contributed by atoms with Crippen LogP contribution in [-0.2, 0) is 9.59 Å². The average molecular weight is 289 g/mol. The first-order valence-electron chi connectivity index (χ1n) is 6.97. The zero-order valence-corrected chi connectivity index (χ0v) is 12.7. The van der Waals surface area contributed by atoms with Crippen molar-refractivity contribution in [1.82, 2.24) is 10.6 Å². The molecule has 1 atom stereocenters. The monoisotopic (exact) mass is 289 g/mol. The molecular formula is C13H27N3O2S. The number of nitrogens with one attached hydrogen (secondary N) is 2. The van der Waals surface area contributed by atoms with Crippen molar-refractivity contribution in [2.75, 3.05) is 19.6 Å². The molecule has 0 radical (unpaired) electrons. The Morgan fingerprint density at radius 3 is 2.16 bits per heavy atom. The fourth-order valence-electron chi connectivity index (χ4n) is 1.50. The van der Waals surface area contributed by atoms with Gasteiger partial charge in [-0.3, -0.25) is 9.59 Å². The molecule has 4 N–H and O–H groups in total. The SMILES string of the molecule is CC(S)CCNC(=O)CCC(=O)NCCCCCN. The number of thiol groups is 1. The van der Waals surface area contributed by atoms with Gasteiger partial charge in [0.2, 0.25) is 11.8 Å². The van der Waals surface area contributed by atoms with Crippen LogP contribution in [0, 0.1) is 0 Å². The lowest BCUT2D eigenvalue weighted by molar-refractivity contribution is -0.126. The number of nitrogens with two attached hydrogens (primary N) is 1. The lowest BCUT2D eigenvalue weighted by Crippen LogP contribution is -2.29. The van der Waals surface area contributed by atoms with Gasteiger partial charge in [-0.2, -0.15) is 12.6 Å². The van der Waals surface area contributed by atoms with Gasteiger partial charge in [-0.15, -0.1) is 0 Å². The van der Waals surface area contributed by atoms with Gasteiger partial charge in [-0.25, -0.2) is 0 Å². The predicted molar refractivity (Wildman–Crippen MR) is 81.2 cm³/mol. The molecule has 0 aromatic heterocycles. The first-order chi connectivity index (χ1) is 9.06. The third-order valence-corrected chi connectivity index (χ3v) is 2.92. The van der Waals surface area contributed by atoms with Gasteiger partial charge in [0.1, 0.15) is 0 Å². The van der Waals surface area contributed by atoms with Gasteiger partial charge in [0.05, 0.1) is 0 Å². The van der Waals surface area contributed by atoms with Crippen LogP contribution in [0.4, 0.5) is 0 Å². The van der Waals surface area contributed by atoms with Crippen LogP contribution in [0.25, 0.3) is 0 Å². The Balaban J connectivity index is 3.43. The molecule has 5 nitrogen and oxygen atoms in total. The third kappa shape index (κ3) is 13.5. The van der Waals surface area contributed by atoms with Crippen LogP contribution in [0.2, 0.25) is 0 Å². The van der Waals surface area contributed by atoms with Crippen LogP contribution in [-0.4, -0.2) is 36.7 Å². The van der Waals surface area contributed by atoms with Gasteiger partial charge < -0.3 is 16.4 Å². The second-order valence-corrected chi connectivity index (χ2v) is 5.57. The molecule has 0 aliphatic heterocycles. The second-order valence-electron chi connectivity index (χ2n) is 4.69. The first kappa shape index (κ1) is 18.2. The molecule has 0 fully saturated rings. The highest BCUT2D eigenvalue weighted by Gasteiger charge is 2.06. The Hall–Kier alpha value is -0.750. The number of carbonyl (C=O) groups is 2. The van der Waals surface area contributed by atoms with E-state index in [0.717, 1.165) is 25.7 Å². The molecular weight excluding hydrogens is 262 g/mol. The Kier molecular flexibility index (Phi) is 11.8. The van der Waals surface area contributed by atoms with Gasteiger partial charge in [0.25, 0.3) is 0 Å². The highest BCUT2D eigenvalue weighted by molar-refractivity contribution is 7.80. The van der Waals surface area contributed by atoms with Gasteiger partial charge >= 0.3 is 0 Å². The molecule has 2 amide bonds. The Bertz CT molecular complexity index is 260. The summed E-state index contributed by atoms with van der Waals surface area (Å²) < 4.78 is 0. The minimum atomic E-state index is -0.0766. The topological polar surface area (TPSA) is 84.2 Å². The van der Waals surface area contributed by atoms with E-state index in [-0.39, 0.29) is 29.9 Å². The van der Waals surface area contributed by atoms with Crippen molar-refractivity contribution in [1.29, 1.82) is 0 Å². The second kappa shape index (κ2) is 12.3. The van der Waals surface area contributed by atoms with Crippen molar-refractivity contribution in [3.8, 4) is 0 Å². The van der Waals surface area contributed by atoms with Crippen LogP contribution in [0.5, 0.6) is 0 Å². The molecule has 0 bridgehead atoms. The number of amides is 2. The van der Waals surface area contributed by atoms with Crippen LogP contribution in [0.3, 0.4) is 0 Å². The molecule has 112 valence electrons. The maximum absolute atomic E-state index is 11.4. The van der Waals surface area contributed by atoms with E-state index in [4.69, 9.17) is 5.73 Å². The smallest absolute Gasteiger partial charge is 0.220 e. The van der Waals surface area contributed by atoms with Crippen molar-refractivity contribution in [2.24, 2.45) is 5.73 Å². The highest BCUT2D eigenvalue weighted by atomic mass is 32.1.